The molecule has 1 saturated heterocycles. The molecule has 3 rings (SSSR count). The molecule has 0 amide bonds. The van der Waals surface area contributed by atoms with E-state index in [9.17, 15) is 9.90 Å². The van der Waals surface area contributed by atoms with Crippen LogP contribution in [0.4, 0.5) is 0 Å². The number of methoxy groups -OCH3 is 1. The highest BCUT2D eigenvalue weighted by molar-refractivity contribution is 5.75. The second-order valence-electron chi connectivity index (χ2n) is 6.83. The molecular formula is C21H24O4. The van der Waals surface area contributed by atoms with Gasteiger partial charge in [-0.15, -0.1) is 0 Å². The lowest BCUT2D eigenvalue weighted by molar-refractivity contribution is -0.141. The first-order valence-corrected chi connectivity index (χ1v) is 8.56. The summed E-state index contributed by atoms with van der Waals surface area (Å²) in [5, 5.41) is 9.73. The van der Waals surface area contributed by atoms with Crippen LogP contribution in [0, 0.1) is 25.7 Å². The smallest absolute Gasteiger partial charge is 0.309 e. The predicted molar refractivity (Wildman–Crippen MR) is 95.9 cm³/mol. The van der Waals surface area contributed by atoms with Crippen LogP contribution in [-0.4, -0.2) is 24.8 Å². The molecule has 1 heterocycles. The zero-order valence-electron chi connectivity index (χ0n) is 14.9. The molecule has 1 N–H and O–H groups in total. The van der Waals surface area contributed by atoms with Crippen LogP contribution in [0.2, 0.25) is 0 Å². The average Bonchev–Trinajstić information content (AvgIpc) is 2.93. The third kappa shape index (κ3) is 3.78. The summed E-state index contributed by atoms with van der Waals surface area (Å²) in [6.07, 6.45) is 1.41. The van der Waals surface area contributed by atoms with E-state index in [4.69, 9.17) is 9.47 Å². The lowest BCUT2D eigenvalue weighted by atomic mass is 9.84. The van der Waals surface area contributed by atoms with Crippen LogP contribution >= 0.6 is 0 Å². The molecule has 1 aliphatic rings. The summed E-state index contributed by atoms with van der Waals surface area (Å²) < 4.78 is 10.5. The zero-order chi connectivity index (χ0) is 18.0. The van der Waals surface area contributed by atoms with Crippen molar-refractivity contribution in [3.05, 3.63) is 58.7 Å². The lowest BCUT2D eigenvalue weighted by Gasteiger charge is -2.16. The van der Waals surface area contributed by atoms with E-state index in [1.54, 1.807) is 12.1 Å². The number of carbonyl (C=O) groups excluding carboxylic acids is 1. The van der Waals surface area contributed by atoms with Gasteiger partial charge in [-0.1, -0.05) is 24.3 Å². The highest BCUT2D eigenvalue weighted by Crippen LogP contribution is 2.32. The van der Waals surface area contributed by atoms with Gasteiger partial charge in [0.25, 0.3) is 0 Å². The van der Waals surface area contributed by atoms with Crippen molar-refractivity contribution in [2.75, 3.05) is 13.7 Å². The summed E-state index contributed by atoms with van der Waals surface area (Å²) in [5.41, 5.74) is 4.74. The first-order chi connectivity index (χ1) is 12.0. The highest BCUT2D eigenvalue weighted by atomic mass is 16.5. The quantitative estimate of drug-likeness (QED) is 0.845. The SMILES string of the molecule is COc1cc(C[C@H]2C(=O)OC[C@@H]2Cc2ccc(C)c(C)c2)ccc1O. The van der Waals surface area contributed by atoms with Crippen LogP contribution < -0.4 is 4.74 Å². The Morgan fingerprint density at radius 3 is 2.52 bits per heavy atom. The van der Waals surface area contributed by atoms with Gasteiger partial charge in [-0.05, 0) is 61.1 Å². The third-order valence-electron chi connectivity index (χ3n) is 5.08. The minimum absolute atomic E-state index is 0.104. The topological polar surface area (TPSA) is 55.8 Å². The number of hydrogen-bond donors (Lipinski definition) is 1. The minimum Gasteiger partial charge on any atom is -0.504 e. The molecule has 25 heavy (non-hydrogen) atoms. The number of aryl methyl sites for hydroxylation is 2. The fraction of sp³-hybridized carbons (Fsp3) is 0.381. The molecule has 2 atom stereocenters. The van der Waals surface area contributed by atoms with E-state index in [2.05, 4.69) is 32.0 Å². The molecule has 0 bridgehead atoms. The average molecular weight is 340 g/mol. The summed E-state index contributed by atoms with van der Waals surface area (Å²) in [5.74, 6) is 0.382. The predicted octanol–water partition coefficient (Wildman–Crippen LogP) is 3.59. The summed E-state index contributed by atoms with van der Waals surface area (Å²) in [6, 6.07) is 11.7. The molecule has 2 aromatic rings. The van der Waals surface area contributed by atoms with Crippen molar-refractivity contribution >= 4 is 5.97 Å². The van der Waals surface area contributed by atoms with E-state index < -0.39 is 0 Å². The largest absolute Gasteiger partial charge is 0.504 e. The van der Waals surface area contributed by atoms with Crippen LogP contribution in [0.15, 0.2) is 36.4 Å². The van der Waals surface area contributed by atoms with Gasteiger partial charge in [-0.2, -0.15) is 0 Å². The van der Waals surface area contributed by atoms with E-state index >= 15 is 0 Å². The van der Waals surface area contributed by atoms with E-state index in [-0.39, 0.29) is 23.6 Å². The van der Waals surface area contributed by atoms with Crippen molar-refractivity contribution in [1.82, 2.24) is 0 Å². The van der Waals surface area contributed by atoms with Crippen LogP contribution in [0.25, 0.3) is 0 Å². The summed E-state index contributed by atoms with van der Waals surface area (Å²) >= 11 is 0. The Bertz CT molecular complexity index is 781. The number of cyclic esters (lactones) is 1. The van der Waals surface area contributed by atoms with Gasteiger partial charge in [0.05, 0.1) is 19.6 Å². The van der Waals surface area contributed by atoms with Crippen molar-refractivity contribution in [1.29, 1.82) is 0 Å². The number of phenolic OH excluding ortho intramolecular Hbond substituents is 1. The monoisotopic (exact) mass is 340 g/mol. The van der Waals surface area contributed by atoms with E-state index in [0.29, 0.717) is 18.8 Å². The molecule has 1 aliphatic heterocycles. The minimum atomic E-state index is -0.171. The molecule has 4 nitrogen and oxygen atoms in total. The number of phenols is 1. The number of rotatable bonds is 5. The number of benzene rings is 2. The number of ether oxygens (including phenoxy) is 2. The van der Waals surface area contributed by atoms with E-state index in [1.165, 1.54) is 23.8 Å². The Kier molecular flexibility index (Phi) is 4.98. The molecular weight excluding hydrogens is 316 g/mol. The summed E-state index contributed by atoms with van der Waals surface area (Å²) in [4.78, 5) is 12.2. The Labute approximate surface area is 148 Å². The van der Waals surface area contributed by atoms with E-state index in [0.717, 1.165) is 12.0 Å². The highest BCUT2D eigenvalue weighted by Gasteiger charge is 2.36. The van der Waals surface area contributed by atoms with Gasteiger partial charge in [0.2, 0.25) is 0 Å². The first-order valence-electron chi connectivity index (χ1n) is 8.56. The van der Waals surface area contributed by atoms with Crippen molar-refractivity contribution in [3.63, 3.8) is 0 Å². The van der Waals surface area contributed by atoms with Crippen LogP contribution in [0.3, 0.4) is 0 Å². The Balaban J connectivity index is 1.76. The third-order valence-corrected chi connectivity index (χ3v) is 5.08. The molecule has 1 fully saturated rings. The number of esters is 1. The van der Waals surface area contributed by atoms with Gasteiger partial charge < -0.3 is 14.6 Å². The zero-order valence-corrected chi connectivity index (χ0v) is 14.9. The van der Waals surface area contributed by atoms with Gasteiger partial charge >= 0.3 is 5.97 Å². The molecule has 0 saturated carbocycles. The molecule has 0 aromatic heterocycles. The summed E-state index contributed by atoms with van der Waals surface area (Å²) in [7, 11) is 1.52. The molecule has 0 aliphatic carbocycles. The molecule has 2 aromatic carbocycles. The van der Waals surface area contributed by atoms with Crippen LogP contribution in [0.1, 0.15) is 22.3 Å². The maximum atomic E-state index is 12.2. The Morgan fingerprint density at radius 1 is 1.08 bits per heavy atom. The van der Waals surface area contributed by atoms with Gasteiger partial charge in [0.15, 0.2) is 11.5 Å². The van der Waals surface area contributed by atoms with Crippen LogP contribution in [0.5, 0.6) is 11.5 Å². The molecule has 0 spiro atoms. The molecule has 4 heteroatoms. The number of carbonyl (C=O) groups is 1. The Morgan fingerprint density at radius 2 is 1.80 bits per heavy atom. The molecule has 0 radical (unpaired) electrons. The number of hydrogen-bond acceptors (Lipinski definition) is 4. The van der Waals surface area contributed by atoms with Crippen molar-refractivity contribution in [2.24, 2.45) is 11.8 Å². The van der Waals surface area contributed by atoms with Crippen molar-refractivity contribution < 1.29 is 19.4 Å². The number of aromatic hydroxyl groups is 1. The second kappa shape index (κ2) is 7.18. The van der Waals surface area contributed by atoms with Gasteiger partial charge in [0, 0.05) is 5.92 Å². The molecule has 132 valence electrons. The lowest BCUT2D eigenvalue weighted by Crippen LogP contribution is -2.20. The van der Waals surface area contributed by atoms with Crippen molar-refractivity contribution in [2.45, 2.75) is 26.7 Å². The van der Waals surface area contributed by atoms with Crippen LogP contribution in [-0.2, 0) is 22.4 Å². The molecule has 0 unspecified atom stereocenters. The maximum absolute atomic E-state index is 12.2. The normalized spacial score (nSPS) is 19.7. The first kappa shape index (κ1) is 17.3. The fourth-order valence-electron chi connectivity index (χ4n) is 3.39. The fourth-order valence-corrected chi connectivity index (χ4v) is 3.39. The van der Waals surface area contributed by atoms with E-state index in [1.807, 2.05) is 6.07 Å². The van der Waals surface area contributed by atoms with Crippen molar-refractivity contribution in [3.8, 4) is 11.5 Å². The van der Waals surface area contributed by atoms with Gasteiger partial charge in [-0.25, -0.2) is 0 Å². The Hall–Kier alpha value is -2.49. The second-order valence-corrected chi connectivity index (χ2v) is 6.83. The summed E-state index contributed by atoms with van der Waals surface area (Å²) in [6.45, 7) is 4.67. The maximum Gasteiger partial charge on any atom is 0.309 e. The van der Waals surface area contributed by atoms with Gasteiger partial charge in [0.1, 0.15) is 0 Å². The van der Waals surface area contributed by atoms with Gasteiger partial charge in [-0.3, -0.25) is 4.79 Å². The standard InChI is InChI=1S/C21H24O4/c1-13-4-5-15(8-14(13)2)9-17-12-25-21(23)18(17)10-16-6-7-19(22)20(11-16)24-3/h4-8,11,17-18,22H,9-10,12H2,1-3H3/t17-,18+/m0/s1.